The molecule has 0 amide bonds. The summed E-state index contributed by atoms with van der Waals surface area (Å²) in [5.74, 6) is -0.685. The molecule has 1 saturated carbocycles. The van der Waals surface area contributed by atoms with Crippen LogP contribution in [0.25, 0.3) is 0 Å². The third-order valence-electron chi connectivity index (χ3n) is 2.51. The Morgan fingerprint density at radius 2 is 2.23 bits per heavy atom. The zero-order valence-electron chi connectivity index (χ0n) is 7.19. The predicted molar refractivity (Wildman–Crippen MR) is 44.7 cm³/mol. The van der Waals surface area contributed by atoms with Gasteiger partial charge in [-0.1, -0.05) is 18.0 Å². The number of carbonyl (C=O) groups is 1. The smallest absolute Gasteiger partial charge is 0.374 e. The van der Waals surface area contributed by atoms with Gasteiger partial charge in [-0.15, -0.1) is 0 Å². The van der Waals surface area contributed by atoms with E-state index < -0.39 is 5.97 Å². The quantitative estimate of drug-likeness (QED) is 0.758. The minimum Gasteiger partial charge on any atom is -0.475 e. The van der Waals surface area contributed by atoms with Crippen LogP contribution in [0.4, 0.5) is 0 Å². The summed E-state index contributed by atoms with van der Waals surface area (Å²) in [5, 5.41) is 12.4. The van der Waals surface area contributed by atoms with E-state index in [1.165, 1.54) is 12.8 Å². The lowest BCUT2D eigenvalue weighted by Gasteiger charge is -2.00. The van der Waals surface area contributed by atoms with Crippen molar-refractivity contribution >= 4 is 5.97 Å². The predicted octanol–water partition coefficient (Wildman–Crippen LogP) is 2.03. The molecule has 0 saturated heterocycles. The van der Waals surface area contributed by atoms with Gasteiger partial charge in [0, 0.05) is 12.0 Å². The number of nitrogens with zero attached hydrogens (tertiary/aromatic N) is 1. The van der Waals surface area contributed by atoms with Gasteiger partial charge in [0.05, 0.1) is 5.69 Å². The first-order chi connectivity index (χ1) is 6.27. The largest absolute Gasteiger partial charge is 0.475 e. The highest BCUT2D eigenvalue weighted by atomic mass is 16.5. The summed E-state index contributed by atoms with van der Waals surface area (Å²) in [4.78, 5) is 10.5. The zero-order valence-corrected chi connectivity index (χ0v) is 7.19. The van der Waals surface area contributed by atoms with Crippen LogP contribution in [0.3, 0.4) is 0 Å². The van der Waals surface area contributed by atoms with Gasteiger partial charge in [0.15, 0.2) is 0 Å². The average molecular weight is 181 g/mol. The van der Waals surface area contributed by atoms with Crippen molar-refractivity contribution in [2.45, 2.75) is 31.6 Å². The fraction of sp³-hybridized carbons (Fsp3) is 0.556. The molecule has 0 atom stereocenters. The molecule has 4 heteroatoms. The highest BCUT2D eigenvalue weighted by Gasteiger charge is 2.22. The number of rotatable bonds is 2. The standard InChI is InChI=1S/C9H11NO3/c11-9(12)8-5-7(10-13-8)6-3-1-2-4-6/h5-6H,1-4H2,(H,11,12). The van der Waals surface area contributed by atoms with E-state index in [9.17, 15) is 4.79 Å². The van der Waals surface area contributed by atoms with Gasteiger partial charge in [-0.3, -0.25) is 0 Å². The van der Waals surface area contributed by atoms with Crippen LogP contribution < -0.4 is 0 Å². The van der Waals surface area contributed by atoms with Crippen molar-refractivity contribution in [2.75, 3.05) is 0 Å². The lowest BCUT2D eigenvalue weighted by Crippen LogP contribution is -1.93. The third-order valence-corrected chi connectivity index (χ3v) is 2.51. The van der Waals surface area contributed by atoms with Gasteiger partial charge < -0.3 is 9.63 Å². The van der Waals surface area contributed by atoms with Crippen LogP contribution in [0.2, 0.25) is 0 Å². The van der Waals surface area contributed by atoms with Crippen LogP contribution >= 0.6 is 0 Å². The Labute approximate surface area is 75.5 Å². The number of aromatic nitrogens is 1. The lowest BCUT2D eigenvalue weighted by molar-refractivity contribution is 0.0652. The van der Waals surface area contributed by atoms with Gasteiger partial charge in [-0.05, 0) is 12.8 Å². The lowest BCUT2D eigenvalue weighted by atomic mass is 10.0. The van der Waals surface area contributed by atoms with Crippen LogP contribution in [0.5, 0.6) is 0 Å². The first kappa shape index (κ1) is 8.29. The van der Waals surface area contributed by atoms with Crippen molar-refractivity contribution in [3.63, 3.8) is 0 Å². The van der Waals surface area contributed by atoms with Crippen LogP contribution in [-0.4, -0.2) is 16.2 Å². The van der Waals surface area contributed by atoms with Crippen LogP contribution in [0.15, 0.2) is 10.6 Å². The fourth-order valence-electron chi connectivity index (χ4n) is 1.80. The monoisotopic (exact) mass is 181 g/mol. The Bertz CT molecular complexity index is 312. The van der Waals surface area contributed by atoms with Gasteiger partial charge in [0.2, 0.25) is 5.76 Å². The van der Waals surface area contributed by atoms with Crippen molar-refractivity contribution < 1.29 is 14.4 Å². The molecule has 0 aromatic carbocycles. The van der Waals surface area contributed by atoms with Crippen molar-refractivity contribution in [3.8, 4) is 0 Å². The molecule has 1 aliphatic rings. The molecule has 1 aliphatic carbocycles. The zero-order chi connectivity index (χ0) is 9.26. The molecule has 0 unspecified atom stereocenters. The van der Waals surface area contributed by atoms with Gasteiger partial charge in [-0.2, -0.15) is 0 Å². The Morgan fingerprint density at radius 3 is 2.77 bits per heavy atom. The second kappa shape index (κ2) is 3.20. The van der Waals surface area contributed by atoms with E-state index >= 15 is 0 Å². The molecule has 13 heavy (non-hydrogen) atoms. The highest BCUT2D eigenvalue weighted by Crippen LogP contribution is 2.33. The van der Waals surface area contributed by atoms with Gasteiger partial charge >= 0.3 is 5.97 Å². The van der Waals surface area contributed by atoms with Crippen LogP contribution in [0, 0.1) is 0 Å². The van der Waals surface area contributed by atoms with Crippen molar-refractivity contribution in [3.05, 3.63) is 17.5 Å². The third kappa shape index (κ3) is 1.56. The maximum Gasteiger partial charge on any atom is 0.374 e. The van der Waals surface area contributed by atoms with E-state index in [1.54, 1.807) is 6.07 Å². The molecule has 70 valence electrons. The SMILES string of the molecule is O=C(O)c1cc(C2CCCC2)no1. The minimum absolute atomic E-state index is 0.0538. The number of hydrogen-bond acceptors (Lipinski definition) is 3. The van der Waals surface area contributed by atoms with E-state index in [0.717, 1.165) is 18.5 Å². The molecule has 1 aromatic rings. The first-order valence-electron chi connectivity index (χ1n) is 4.47. The van der Waals surface area contributed by atoms with Crippen molar-refractivity contribution in [1.82, 2.24) is 5.16 Å². The van der Waals surface area contributed by atoms with Gasteiger partial charge in [0.1, 0.15) is 0 Å². The molecule has 0 spiro atoms. The Morgan fingerprint density at radius 1 is 1.54 bits per heavy atom. The van der Waals surface area contributed by atoms with E-state index in [4.69, 9.17) is 5.11 Å². The second-order valence-electron chi connectivity index (χ2n) is 3.40. The van der Waals surface area contributed by atoms with Crippen molar-refractivity contribution in [2.24, 2.45) is 0 Å². The van der Waals surface area contributed by atoms with E-state index in [1.807, 2.05) is 0 Å². The molecule has 0 aliphatic heterocycles. The summed E-state index contributed by atoms with van der Waals surface area (Å²) >= 11 is 0. The molecular formula is C9H11NO3. The summed E-state index contributed by atoms with van der Waals surface area (Å²) in [6, 6.07) is 1.54. The summed E-state index contributed by atoms with van der Waals surface area (Å²) < 4.78 is 4.69. The van der Waals surface area contributed by atoms with Crippen LogP contribution in [0.1, 0.15) is 47.8 Å². The number of carboxylic acids is 1. The molecule has 0 radical (unpaired) electrons. The summed E-state index contributed by atoms with van der Waals surface area (Å²) in [7, 11) is 0. The molecule has 1 heterocycles. The van der Waals surface area contributed by atoms with E-state index in [0.29, 0.717) is 5.92 Å². The molecule has 1 fully saturated rings. The summed E-state index contributed by atoms with van der Waals surface area (Å²) in [6.07, 6.45) is 4.62. The maximum atomic E-state index is 10.5. The fourth-order valence-corrected chi connectivity index (χ4v) is 1.80. The minimum atomic E-state index is -1.04. The number of aromatic carboxylic acids is 1. The van der Waals surface area contributed by atoms with E-state index in [2.05, 4.69) is 9.68 Å². The van der Waals surface area contributed by atoms with Crippen molar-refractivity contribution in [1.29, 1.82) is 0 Å². The Balaban J connectivity index is 2.16. The maximum absolute atomic E-state index is 10.5. The summed E-state index contributed by atoms with van der Waals surface area (Å²) in [5.41, 5.74) is 0.801. The molecule has 2 rings (SSSR count). The van der Waals surface area contributed by atoms with Crippen LogP contribution in [-0.2, 0) is 0 Å². The first-order valence-corrected chi connectivity index (χ1v) is 4.47. The molecule has 0 bridgehead atoms. The van der Waals surface area contributed by atoms with Gasteiger partial charge in [0.25, 0.3) is 0 Å². The normalized spacial score (nSPS) is 17.8. The number of carboxylic acid groups (broad SMARTS) is 1. The average Bonchev–Trinajstić information content (AvgIpc) is 2.75. The number of hydrogen-bond donors (Lipinski definition) is 1. The Kier molecular flexibility index (Phi) is 2.04. The molecule has 1 N–H and O–H groups in total. The Hall–Kier alpha value is -1.32. The molecule has 4 nitrogen and oxygen atoms in total. The molecule has 1 aromatic heterocycles. The topological polar surface area (TPSA) is 63.3 Å². The van der Waals surface area contributed by atoms with E-state index in [-0.39, 0.29) is 5.76 Å². The molecular weight excluding hydrogens is 170 g/mol. The summed E-state index contributed by atoms with van der Waals surface area (Å²) in [6.45, 7) is 0. The second-order valence-corrected chi connectivity index (χ2v) is 3.40. The highest BCUT2D eigenvalue weighted by molar-refractivity contribution is 5.84. The van der Waals surface area contributed by atoms with Gasteiger partial charge in [-0.25, -0.2) is 4.79 Å².